The van der Waals surface area contributed by atoms with Gasteiger partial charge in [0.1, 0.15) is 18.0 Å². The Kier molecular flexibility index (Phi) is 7.21. The molecule has 8 nitrogen and oxygen atoms in total. The first-order valence-corrected chi connectivity index (χ1v) is 11.4. The number of carbonyl (C=O) groups excluding carboxylic acids is 2. The van der Waals surface area contributed by atoms with E-state index in [-0.39, 0.29) is 24.1 Å². The Bertz CT molecular complexity index is 1430. The highest BCUT2D eigenvalue weighted by Gasteiger charge is 2.18. The molecule has 2 N–H and O–H groups in total. The summed E-state index contributed by atoms with van der Waals surface area (Å²) < 4.78 is 6.83. The molecule has 8 heteroatoms. The number of amides is 2. The lowest BCUT2D eigenvalue weighted by molar-refractivity contribution is -0.117. The van der Waals surface area contributed by atoms with E-state index in [1.54, 1.807) is 73.7 Å². The highest BCUT2D eigenvalue weighted by Crippen LogP contribution is 2.26. The number of para-hydroxylation sites is 3. The number of ether oxygens (including phenoxy) is 1. The van der Waals surface area contributed by atoms with Crippen molar-refractivity contribution in [1.82, 2.24) is 9.55 Å². The van der Waals surface area contributed by atoms with Gasteiger partial charge in [0.2, 0.25) is 11.8 Å². The molecule has 0 aliphatic carbocycles. The van der Waals surface area contributed by atoms with Crippen molar-refractivity contribution in [2.75, 3.05) is 17.2 Å². The van der Waals surface area contributed by atoms with Crippen LogP contribution in [0.25, 0.3) is 22.3 Å². The number of nitrogens with one attached hydrogen (secondary N) is 2. The third-order valence-corrected chi connectivity index (χ3v) is 5.38. The molecule has 4 rings (SSSR count). The van der Waals surface area contributed by atoms with Crippen LogP contribution in [0.2, 0.25) is 0 Å². The largest absolute Gasteiger partial charge is 0.494 e. The molecule has 1 heterocycles. The number of rotatable bonds is 8. The zero-order valence-electron chi connectivity index (χ0n) is 19.6. The highest BCUT2D eigenvalue weighted by atomic mass is 16.5. The Balaban J connectivity index is 1.71. The Morgan fingerprint density at radius 1 is 0.886 bits per heavy atom. The van der Waals surface area contributed by atoms with E-state index >= 15 is 0 Å². The predicted molar refractivity (Wildman–Crippen MR) is 137 cm³/mol. The standard InChI is InChI=1S/C27H26N4O4/c1-3-24(32)29-21-10-6-5-9-20(21)26-27(34)31(23-12-8-7-11-22(23)30-26)17-25(33)28-18-13-15-19(16-14-18)35-4-2/h5-16H,3-4,17H2,1-2H3,(H,28,33)(H,29,32). The maximum absolute atomic E-state index is 13.6. The molecule has 0 aliphatic heterocycles. The highest BCUT2D eigenvalue weighted by molar-refractivity contribution is 5.95. The Morgan fingerprint density at radius 2 is 1.60 bits per heavy atom. The van der Waals surface area contributed by atoms with E-state index in [4.69, 9.17) is 4.74 Å². The molecular formula is C27H26N4O4. The summed E-state index contributed by atoms with van der Waals surface area (Å²) in [4.78, 5) is 43.1. The molecule has 0 radical (unpaired) electrons. The minimum absolute atomic E-state index is 0.157. The van der Waals surface area contributed by atoms with E-state index < -0.39 is 5.56 Å². The monoisotopic (exact) mass is 470 g/mol. The van der Waals surface area contributed by atoms with E-state index in [0.717, 1.165) is 0 Å². The van der Waals surface area contributed by atoms with Gasteiger partial charge in [-0.1, -0.05) is 37.3 Å². The molecule has 0 atom stereocenters. The van der Waals surface area contributed by atoms with Crippen LogP contribution in [0.5, 0.6) is 5.75 Å². The van der Waals surface area contributed by atoms with Crippen molar-refractivity contribution in [2.45, 2.75) is 26.8 Å². The first-order chi connectivity index (χ1) is 17.0. The van der Waals surface area contributed by atoms with E-state index in [0.29, 0.717) is 46.7 Å². The quantitative estimate of drug-likeness (QED) is 0.396. The predicted octanol–water partition coefficient (Wildman–Crippen LogP) is 4.45. The number of fused-ring (bicyclic) bond motifs is 1. The molecule has 2 amide bonds. The third-order valence-electron chi connectivity index (χ3n) is 5.38. The first kappa shape index (κ1) is 23.7. The number of hydrogen-bond donors (Lipinski definition) is 2. The van der Waals surface area contributed by atoms with Crippen LogP contribution in [-0.2, 0) is 16.1 Å². The van der Waals surface area contributed by atoms with E-state index in [9.17, 15) is 14.4 Å². The average Bonchev–Trinajstić information content (AvgIpc) is 2.87. The summed E-state index contributed by atoms with van der Waals surface area (Å²) >= 11 is 0. The van der Waals surface area contributed by atoms with Crippen LogP contribution in [0.3, 0.4) is 0 Å². The lowest BCUT2D eigenvalue weighted by Crippen LogP contribution is -2.30. The summed E-state index contributed by atoms with van der Waals surface area (Å²) in [7, 11) is 0. The van der Waals surface area contributed by atoms with Gasteiger partial charge in [-0.2, -0.15) is 0 Å². The molecule has 0 unspecified atom stereocenters. The van der Waals surface area contributed by atoms with Crippen LogP contribution in [0, 0.1) is 0 Å². The molecular weight excluding hydrogens is 444 g/mol. The van der Waals surface area contributed by atoms with Crippen molar-refractivity contribution >= 4 is 34.2 Å². The summed E-state index contributed by atoms with van der Waals surface area (Å²) in [6, 6.07) is 21.2. The summed E-state index contributed by atoms with van der Waals surface area (Å²) in [5.74, 6) is 0.180. The Labute approximate surface area is 202 Å². The topological polar surface area (TPSA) is 102 Å². The third kappa shape index (κ3) is 5.38. The van der Waals surface area contributed by atoms with Crippen LogP contribution >= 0.6 is 0 Å². The molecule has 0 fully saturated rings. The van der Waals surface area contributed by atoms with Crippen LogP contribution < -0.4 is 20.9 Å². The molecule has 4 aromatic rings. The minimum Gasteiger partial charge on any atom is -0.494 e. The lowest BCUT2D eigenvalue weighted by Gasteiger charge is -2.15. The molecule has 0 spiro atoms. The van der Waals surface area contributed by atoms with Gasteiger partial charge in [-0.25, -0.2) is 4.98 Å². The molecule has 3 aromatic carbocycles. The van der Waals surface area contributed by atoms with Crippen molar-refractivity contribution in [1.29, 1.82) is 0 Å². The van der Waals surface area contributed by atoms with Crippen LogP contribution in [0.1, 0.15) is 20.3 Å². The number of benzene rings is 3. The van der Waals surface area contributed by atoms with Crippen molar-refractivity contribution < 1.29 is 14.3 Å². The van der Waals surface area contributed by atoms with Gasteiger partial charge in [0.05, 0.1) is 23.3 Å². The maximum Gasteiger partial charge on any atom is 0.278 e. The lowest BCUT2D eigenvalue weighted by atomic mass is 10.1. The molecule has 35 heavy (non-hydrogen) atoms. The summed E-state index contributed by atoms with van der Waals surface area (Å²) in [6.07, 6.45) is 0.301. The molecule has 0 aliphatic rings. The van der Waals surface area contributed by atoms with Gasteiger partial charge in [0.15, 0.2) is 0 Å². The zero-order chi connectivity index (χ0) is 24.8. The van der Waals surface area contributed by atoms with E-state index in [1.165, 1.54) is 4.57 Å². The molecule has 178 valence electrons. The number of aromatic nitrogens is 2. The van der Waals surface area contributed by atoms with Crippen molar-refractivity contribution in [3.63, 3.8) is 0 Å². The number of carbonyl (C=O) groups is 2. The minimum atomic E-state index is -0.427. The molecule has 0 saturated carbocycles. The summed E-state index contributed by atoms with van der Waals surface area (Å²) in [6.45, 7) is 4.00. The van der Waals surface area contributed by atoms with Crippen LogP contribution in [0.4, 0.5) is 11.4 Å². The second kappa shape index (κ2) is 10.6. The van der Waals surface area contributed by atoms with Crippen LogP contribution in [0.15, 0.2) is 77.6 Å². The number of nitrogens with zero attached hydrogens (tertiary/aromatic N) is 2. The fourth-order valence-electron chi connectivity index (χ4n) is 3.71. The van der Waals surface area contributed by atoms with Gasteiger partial charge < -0.3 is 15.4 Å². The first-order valence-electron chi connectivity index (χ1n) is 11.4. The number of hydrogen-bond acceptors (Lipinski definition) is 5. The zero-order valence-corrected chi connectivity index (χ0v) is 19.6. The second-order valence-corrected chi connectivity index (χ2v) is 7.79. The second-order valence-electron chi connectivity index (χ2n) is 7.79. The SMILES string of the molecule is CCOc1ccc(NC(=O)Cn2c(=O)c(-c3ccccc3NC(=O)CC)nc3ccccc32)cc1. The Hall–Kier alpha value is -4.46. The van der Waals surface area contributed by atoms with Crippen molar-refractivity contribution in [2.24, 2.45) is 0 Å². The van der Waals surface area contributed by atoms with Gasteiger partial charge in [-0.3, -0.25) is 19.0 Å². The van der Waals surface area contributed by atoms with Gasteiger partial charge in [-0.05, 0) is 49.4 Å². The van der Waals surface area contributed by atoms with E-state index in [2.05, 4.69) is 15.6 Å². The van der Waals surface area contributed by atoms with Gasteiger partial charge in [-0.15, -0.1) is 0 Å². The van der Waals surface area contributed by atoms with Crippen LogP contribution in [-0.4, -0.2) is 28.0 Å². The number of anilines is 2. The van der Waals surface area contributed by atoms with E-state index in [1.807, 2.05) is 13.0 Å². The summed E-state index contributed by atoms with van der Waals surface area (Å²) in [5.41, 5.74) is 2.41. The maximum atomic E-state index is 13.6. The molecule has 0 saturated heterocycles. The fraction of sp³-hybridized carbons (Fsp3) is 0.185. The molecule has 0 bridgehead atoms. The van der Waals surface area contributed by atoms with Gasteiger partial charge >= 0.3 is 0 Å². The summed E-state index contributed by atoms with van der Waals surface area (Å²) in [5, 5.41) is 5.65. The Morgan fingerprint density at radius 3 is 2.34 bits per heavy atom. The van der Waals surface area contributed by atoms with Crippen molar-refractivity contribution in [3.8, 4) is 17.0 Å². The fourth-order valence-corrected chi connectivity index (χ4v) is 3.71. The smallest absolute Gasteiger partial charge is 0.278 e. The average molecular weight is 471 g/mol. The van der Waals surface area contributed by atoms with Gasteiger partial charge in [0.25, 0.3) is 5.56 Å². The van der Waals surface area contributed by atoms with Gasteiger partial charge in [0, 0.05) is 17.7 Å². The normalized spacial score (nSPS) is 10.7. The van der Waals surface area contributed by atoms with Crippen molar-refractivity contribution in [3.05, 3.63) is 83.2 Å². The molecule has 1 aromatic heterocycles.